The first-order valence-corrected chi connectivity index (χ1v) is 19.4. The van der Waals surface area contributed by atoms with Crippen LogP contribution in [0.3, 0.4) is 0 Å². The van der Waals surface area contributed by atoms with Gasteiger partial charge in [0.05, 0.1) is 11.5 Å². The lowest BCUT2D eigenvalue weighted by atomic mass is 9.90. The summed E-state index contributed by atoms with van der Waals surface area (Å²) in [5.74, 6) is -2.00. The molecule has 2 unspecified atom stereocenters. The van der Waals surface area contributed by atoms with Gasteiger partial charge in [0, 0.05) is 0 Å². The highest BCUT2D eigenvalue weighted by Gasteiger charge is 2.30. The maximum absolute atomic E-state index is 11.3. The van der Waals surface area contributed by atoms with E-state index in [9.17, 15) is 33.7 Å². The van der Waals surface area contributed by atoms with E-state index < -0.39 is 62.5 Å². The van der Waals surface area contributed by atoms with Gasteiger partial charge in [-0.2, -0.15) is 33.7 Å². The molecule has 0 aromatic heterocycles. The van der Waals surface area contributed by atoms with E-state index in [0.29, 0.717) is 12.8 Å². The third-order valence-electron chi connectivity index (χ3n) is 7.17. The molecule has 0 spiro atoms. The van der Waals surface area contributed by atoms with Gasteiger partial charge in [-0.1, -0.05) is 71.8 Å². The maximum atomic E-state index is 11.3. The van der Waals surface area contributed by atoms with E-state index in [1.54, 1.807) is 6.08 Å². The number of allylic oxidation sites excluding steroid dienone is 2. The van der Waals surface area contributed by atoms with Crippen LogP contribution in [0.15, 0.2) is 59.7 Å². The van der Waals surface area contributed by atoms with Gasteiger partial charge in [0.15, 0.2) is 0 Å². The number of hydrogen-bond acceptors (Lipinski definition) is 8. The molecular formula is C27H34O12S4. The highest BCUT2D eigenvalue weighted by Crippen LogP contribution is 2.29. The van der Waals surface area contributed by atoms with Gasteiger partial charge in [0.1, 0.15) is 10.5 Å². The van der Waals surface area contributed by atoms with Crippen molar-refractivity contribution in [2.45, 2.75) is 55.4 Å². The molecule has 2 aromatic carbocycles. The van der Waals surface area contributed by atoms with Gasteiger partial charge in [-0.25, -0.2) is 0 Å². The molecule has 4 rings (SSSR count). The lowest BCUT2D eigenvalue weighted by Crippen LogP contribution is -2.29. The summed E-state index contributed by atoms with van der Waals surface area (Å²) in [5.41, 5.74) is 6.12. The van der Waals surface area contributed by atoms with Crippen molar-refractivity contribution in [3.8, 4) is 0 Å². The Labute approximate surface area is 252 Å². The first-order chi connectivity index (χ1) is 19.8. The summed E-state index contributed by atoms with van der Waals surface area (Å²) >= 11 is 0. The Bertz CT molecular complexity index is 1810. The number of rotatable bonds is 11. The van der Waals surface area contributed by atoms with Gasteiger partial charge in [0.25, 0.3) is 40.5 Å². The molecule has 4 N–H and O–H groups in total. The normalized spacial score (nSPS) is 16.8. The maximum Gasteiger partial charge on any atom is 0.269 e. The molecule has 0 bridgehead atoms. The summed E-state index contributed by atoms with van der Waals surface area (Å²) in [6.07, 6.45) is 6.89. The Kier molecular flexibility index (Phi) is 11.5. The van der Waals surface area contributed by atoms with Crippen molar-refractivity contribution in [3.05, 3.63) is 81.9 Å². The van der Waals surface area contributed by atoms with Crippen molar-refractivity contribution in [2.24, 2.45) is 0 Å². The third-order valence-corrected chi connectivity index (χ3v) is 11.7. The fourth-order valence-electron chi connectivity index (χ4n) is 5.02. The zero-order chi connectivity index (χ0) is 32.1. The molecule has 2 aromatic rings. The summed E-state index contributed by atoms with van der Waals surface area (Å²) in [6, 6.07) is 15.5. The molecule has 2 atom stereocenters. The minimum absolute atomic E-state index is 0.0490. The molecule has 0 amide bonds. The lowest BCUT2D eigenvalue weighted by molar-refractivity contribution is 0.452. The van der Waals surface area contributed by atoms with Crippen LogP contribution in [0.5, 0.6) is 0 Å². The zero-order valence-corrected chi connectivity index (χ0v) is 26.2. The molecule has 0 heterocycles. The first-order valence-electron chi connectivity index (χ1n) is 13.2. The van der Waals surface area contributed by atoms with Crippen LogP contribution < -0.4 is 0 Å². The summed E-state index contributed by atoms with van der Waals surface area (Å²) < 4.78 is 124. The summed E-state index contributed by atoms with van der Waals surface area (Å²) in [7, 11) is -18.0. The number of aryl methyl sites for hydroxylation is 2. The van der Waals surface area contributed by atoms with Crippen LogP contribution in [0.4, 0.5) is 0 Å². The first kappa shape index (κ1) is 35.0. The molecule has 12 nitrogen and oxygen atoms in total. The largest absolute Gasteiger partial charge is 0.286 e. The van der Waals surface area contributed by atoms with Crippen LogP contribution in [0.1, 0.15) is 54.4 Å². The summed E-state index contributed by atoms with van der Waals surface area (Å²) in [6.45, 7) is 0. The topological polar surface area (TPSA) is 217 Å². The van der Waals surface area contributed by atoms with Gasteiger partial charge in [0.2, 0.25) is 0 Å². The number of benzene rings is 2. The highest BCUT2D eigenvalue weighted by molar-refractivity contribution is 7.90. The smallest absolute Gasteiger partial charge is 0.269 e. The fraction of sp³-hybridized carbons (Fsp3) is 0.407. The van der Waals surface area contributed by atoms with Gasteiger partial charge in [-0.05, 0) is 67.2 Å². The average Bonchev–Trinajstić information content (AvgIpc) is 2.88. The second kappa shape index (κ2) is 14.1. The van der Waals surface area contributed by atoms with Crippen molar-refractivity contribution in [1.82, 2.24) is 0 Å². The minimum atomic E-state index is -4.55. The number of hydrogen-bond donors (Lipinski definition) is 4. The zero-order valence-electron chi connectivity index (χ0n) is 23.0. The minimum Gasteiger partial charge on any atom is -0.286 e. The van der Waals surface area contributed by atoms with Gasteiger partial charge >= 0.3 is 0 Å². The Morgan fingerprint density at radius 3 is 1.44 bits per heavy atom. The Morgan fingerprint density at radius 1 is 0.558 bits per heavy atom. The average molecular weight is 679 g/mol. The molecule has 0 radical (unpaired) electrons. The van der Waals surface area contributed by atoms with E-state index in [2.05, 4.69) is 0 Å². The summed E-state index contributed by atoms with van der Waals surface area (Å²) in [5, 5.41) is -3.07. The SMILES string of the molecule is O=S(=O)(O)CC(CC1=Cc2ccccc2CC1)S(=O)(=O)O.O=S(=O)(O)CC(CCC1=Cc2ccccc2CC1)S(=O)(=O)O. The Hall–Kier alpha value is -2.44. The van der Waals surface area contributed by atoms with Crippen molar-refractivity contribution < 1.29 is 51.9 Å². The van der Waals surface area contributed by atoms with Crippen molar-refractivity contribution in [1.29, 1.82) is 0 Å². The molecule has 43 heavy (non-hydrogen) atoms. The quantitative estimate of drug-likeness (QED) is 0.251. The van der Waals surface area contributed by atoms with Crippen LogP contribution in [0.25, 0.3) is 12.2 Å². The predicted octanol–water partition coefficient (Wildman–Crippen LogP) is 3.49. The van der Waals surface area contributed by atoms with Crippen molar-refractivity contribution >= 4 is 52.6 Å². The molecule has 0 saturated carbocycles. The van der Waals surface area contributed by atoms with E-state index in [0.717, 1.165) is 47.1 Å². The molecule has 0 fully saturated rings. The van der Waals surface area contributed by atoms with Crippen LogP contribution >= 0.6 is 0 Å². The fourth-order valence-corrected chi connectivity index (χ4v) is 9.49. The highest BCUT2D eigenvalue weighted by atomic mass is 32.2. The second-order valence-corrected chi connectivity index (χ2v) is 16.9. The van der Waals surface area contributed by atoms with Crippen molar-refractivity contribution in [2.75, 3.05) is 11.5 Å². The molecule has 238 valence electrons. The van der Waals surface area contributed by atoms with Crippen LogP contribution in [0, 0.1) is 0 Å². The summed E-state index contributed by atoms with van der Waals surface area (Å²) in [4.78, 5) is 0. The van der Waals surface area contributed by atoms with Gasteiger partial charge in [-0.15, -0.1) is 0 Å². The molecule has 2 aliphatic carbocycles. The van der Waals surface area contributed by atoms with E-state index in [-0.39, 0.29) is 12.8 Å². The van der Waals surface area contributed by atoms with E-state index in [1.165, 1.54) is 5.56 Å². The van der Waals surface area contributed by atoms with Crippen LogP contribution in [0.2, 0.25) is 0 Å². The number of fused-ring (bicyclic) bond motifs is 2. The van der Waals surface area contributed by atoms with Crippen molar-refractivity contribution in [3.63, 3.8) is 0 Å². The second-order valence-electron chi connectivity index (χ2n) is 10.5. The van der Waals surface area contributed by atoms with Crippen LogP contribution in [-0.4, -0.2) is 73.9 Å². The van der Waals surface area contributed by atoms with E-state index in [4.69, 9.17) is 18.2 Å². The van der Waals surface area contributed by atoms with E-state index in [1.807, 2.05) is 54.6 Å². The molecule has 0 aliphatic heterocycles. The standard InChI is InChI=1S/C14H18O6S2.C13H16O6S2/c15-21(16,17)10-14(22(18,19)20)8-6-11-5-7-12-3-1-2-4-13(12)9-11;14-20(15,16)9-13(21(17,18)19)8-10-5-6-11-3-1-2-4-12(11)7-10/h1-4,9,14H,5-8,10H2,(H,15,16,17)(H,18,19,20);1-4,7,13H,5-6,8-9H2,(H,14,15,16)(H,17,18,19). The molecular weight excluding hydrogens is 645 g/mol. The lowest BCUT2D eigenvalue weighted by Gasteiger charge is -2.19. The van der Waals surface area contributed by atoms with E-state index >= 15 is 0 Å². The Balaban J connectivity index is 0.000000236. The Morgan fingerprint density at radius 2 is 0.977 bits per heavy atom. The molecule has 0 saturated heterocycles. The predicted molar refractivity (Wildman–Crippen MR) is 163 cm³/mol. The molecule has 16 heteroatoms. The monoisotopic (exact) mass is 678 g/mol. The third kappa shape index (κ3) is 11.9. The van der Waals surface area contributed by atoms with Crippen LogP contribution in [-0.2, 0) is 53.3 Å². The van der Waals surface area contributed by atoms with Gasteiger partial charge < -0.3 is 0 Å². The molecule has 2 aliphatic rings. The van der Waals surface area contributed by atoms with Gasteiger partial charge in [-0.3, -0.25) is 18.2 Å².